The maximum Gasteiger partial charge on any atom is 0.0701 e. The van der Waals surface area contributed by atoms with Crippen LogP contribution in [0.5, 0.6) is 0 Å². The van der Waals surface area contributed by atoms with Crippen molar-refractivity contribution in [1.82, 2.24) is 5.32 Å². The van der Waals surface area contributed by atoms with Crippen molar-refractivity contribution in [1.29, 1.82) is 0 Å². The van der Waals surface area contributed by atoms with Crippen LogP contribution in [0.1, 0.15) is 62.3 Å². The van der Waals surface area contributed by atoms with Gasteiger partial charge in [-0.05, 0) is 62.3 Å². The van der Waals surface area contributed by atoms with E-state index in [2.05, 4.69) is 84.5 Å². The fraction of sp³-hybridized carbons (Fsp3) is 0.889. The van der Waals surface area contributed by atoms with Gasteiger partial charge in [0.05, 0.1) is 52.9 Å². The van der Waals surface area contributed by atoms with Crippen molar-refractivity contribution in [3.63, 3.8) is 0 Å². The first kappa shape index (κ1) is 62.1. The summed E-state index contributed by atoms with van der Waals surface area (Å²) in [5, 5.41) is 2.59. The van der Waals surface area contributed by atoms with E-state index >= 15 is 0 Å². The van der Waals surface area contributed by atoms with Crippen molar-refractivity contribution in [2.24, 2.45) is 17.2 Å². The van der Waals surface area contributed by atoms with Crippen molar-refractivity contribution < 1.29 is 65.5 Å². The number of carbonyl (C=O) groups excluding carboxylic acids is 3. The number of ether oxygens (including phenoxy) is 8. The molecule has 0 aliphatic carbocycles. The summed E-state index contributed by atoms with van der Waals surface area (Å²) in [7, 11) is 0. The van der Waals surface area contributed by atoms with Crippen LogP contribution < -0.4 is 35.8 Å². The Morgan fingerprint density at radius 1 is 0.562 bits per heavy atom. The fourth-order valence-corrected chi connectivity index (χ4v) is 2.04. The smallest absolute Gasteiger partial charge is 0.0701 e. The van der Waals surface area contributed by atoms with Gasteiger partial charge in [-0.3, -0.25) is 0 Å². The number of carbonyl (C=O) groups is 3. The predicted molar refractivity (Wildman–Crippen MR) is 230 cm³/mol. The normalized spacial score (nSPS) is 10.4. The Hall–Kier alpha value is 2.11. The Morgan fingerprint density at radius 3 is 1.08 bits per heavy atom. The second kappa shape index (κ2) is 43.5. The maximum absolute atomic E-state index is 11.2. The molecule has 7 N–H and O–H groups in total. The second-order valence-electron chi connectivity index (χ2n) is 11.3. The number of nitrogens with two attached hydrogens (primary N) is 3. The number of halogens is 6. The molecular weight excluding hydrogens is 1320 g/mol. The summed E-state index contributed by atoms with van der Waals surface area (Å²) >= 11 is 9.54. The van der Waals surface area contributed by atoms with Gasteiger partial charge in [-0.15, -0.1) is 24.0 Å². The second-order valence-corrected chi connectivity index (χ2v) is 27.6. The van der Waals surface area contributed by atoms with Crippen molar-refractivity contribution in [2.75, 3.05) is 79.0 Å². The van der Waals surface area contributed by atoms with Crippen molar-refractivity contribution in [3.8, 4) is 0 Å². The zero-order valence-electron chi connectivity index (χ0n) is 29.5. The number of amides is 1. The van der Waals surface area contributed by atoms with Gasteiger partial charge in [0.1, 0.15) is 16.8 Å². The predicted octanol–water partition coefficient (Wildman–Crippen LogP) is 3.48. The Labute approximate surface area is 358 Å². The molecule has 0 aromatic carbocycles. The van der Waals surface area contributed by atoms with Gasteiger partial charge in [0.15, 0.2) is 0 Å². The van der Waals surface area contributed by atoms with Gasteiger partial charge in [0, 0.05) is 63.4 Å². The van der Waals surface area contributed by atoms with Crippen molar-refractivity contribution >= 4 is 117 Å². The molecule has 0 fully saturated rings. The third-order valence-electron chi connectivity index (χ3n) is 3.39. The van der Waals surface area contributed by atoms with Gasteiger partial charge in [0.25, 0.3) is 0 Å². The van der Waals surface area contributed by atoms with Gasteiger partial charge in [0.2, 0.25) is 0 Å². The largest absolute Gasteiger partial charge is 0.378 e. The van der Waals surface area contributed by atoms with Gasteiger partial charge in [-0.2, -0.15) is 0 Å². The van der Waals surface area contributed by atoms with Crippen LogP contribution in [-0.2, 0) is 37.9 Å². The number of rotatable bonds is 15. The first-order chi connectivity index (χ1) is 21.8. The molecule has 0 saturated heterocycles. The third kappa shape index (κ3) is 73.5. The van der Waals surface area contributed by atoms with Crippen LogP contribution in [-0.4, -0.2) is 114 Å². The van der Waals surface area contributed by atoms with Gasteiger partial charge >= 0.3 is 68.9 Å². The molecule has 0 saturated carbocycles. The van der Waals surface area contributed by atoms with E-state index in [0.29, 0.717) is 92.3 Å². The van der Waals surface area contributed by atoms with E-state index in [1.165, 1.54) is 0 Å². The van der Waals surface area contributed by atoms with Gasteiger partial charge in [-0.1, -0.05) is 0 Å². The summed E-state index contributed by atoms with van der Waals surface area (Å²) in [6.07, 6.45) is -2.55. The summed E-state index contributed by atoms with van der Waals surface area (Å²) < 4.78 is 39.3. The molecule has 296 valence electrons. The summed E-state index contributed by atoms with van der Waals surface area (Å²) in [6, 6.07) is 0. The fourth-order valence-electron chi connectivity index (χ4n) is 2.04. The van der Waals surface area contributed by atoms with E-state index in [1.807, 2.05) is 20.8 Å². The van der Waals surface area contributed by atoms with Crippen LogP contribution in [0, 0.1) is 0 Å². The van der Waals surface area contributed by atoms with Gasteiger partial charge < -0.3 is 60.4 Å². The van der Waals surface area contributed by atoms with E-state index in [1.54, 1.807) is 41.5 Å². The first-order valence-electron chi connectivity index (χ1n) is 14.3. The minimum absolute atomic E-state index is 0. The van der Waals surface area contributed by atoms with E-state index in [0.717, 1.165) is 0 Å². The third-order valence-corrected chi connectivity index (χ3v) is 3.39. The minimum Gasteiger partial charge on any atom is -0.378 e. The molecule has 0 aliphatic rings. The van der Waals surface area contributed by atoms with Crippen LogP contribution in [0.15, 0.2) is 0 Å². The molecular formula is C27H59I6N4O11-. The zero-order valence-corrected chi connectivity index (χ0v) is 42.6. The molecule has 0 aromatic rings. The molecule has 0 heterocycles. The molecule has 1 amide bonds. The molecule has 0 unspecified atom stereocenters. The summed E-state index contributed by atoms with van der Waals surface area (Å²) in [5.74, 6) is 0. The Balaban J connectivity index is -0.000000131. The Bertz CT molecular complexity index is 683. The van der Waals surface area contributed by atoms with Crippen molar-refractivity contribution in [2.45, 2.75) is 79.1 Å². The van der Waals surface area contributed by atoms with Crippen molar-refractivity contribution in [3.05, 3.63) is 0 Å². The summed E-state index contributed by atoms with van der Waals surface area (Å²) in [4.78, 5) is 33.2. The standard InChI is InChI=1S/C11H24N2O4.C10H18O5.C6H16N2O2.I3.I2.HI/c1-11(2,3)17-10(14)13-5-7-16-9-8-15-6-4-12;1-9(2,3)14-7(11)13-8(12)15-10(4,5)6;7-1-3-9-5-6-10-4-2-8;1-3-2;1-2;/h4-9,12H2,1-3H3,(H,13,14);1-6H3;1-8H2;;;1H/q;;;-1;;. The number of alkyl carbamates (subject to hydrolysis) is 1. The zero-order chi connectivity index (χ0) is 37.8. The van der Waals surface area contributed by atoms with Crippen LogP contribution in [0.3, 0.4) is 0 Å². The molecule has 48 heavy (non-hydrogen) atoms. The molecule has 0 bridgehead atoms. The van der Waals surface area contributed by atoms with Crippen LogP contribution in [0.25, 0.3) is 0 Å². The Morgan fingerprint density at radius 2 is 0.833 bits per heavy atom. The molecule has 0 radical (unpaired) electrons. The van der Waals surface area contributed by atoms with Crippen LogP contribution in [0.2, 0.25) is 0 Å². The molecule has 0 aliphatic heterocycles. The first-order valence-corrected chi connectivity index (χ1v) is 33.2. The Kier molecular flexibility index (Phi) is 56.3. The molecule has 21 heteroatoms. The topological polar surface area (TPSA) is 215 Å². The molecule has 0 aromatic heterocycles. The van der Waals surface area contributed by atoms with Crippen LogP contribution >= 0.6 is 98.4 Å². The quantitative estimate of drug-likeness (QED) is 0.0608. The molecule has 0 atom stereocenters. The molecule has 15 nitrogen and oxygen atoms in total. The number of hydrogen-bond donors (Lipinski definition) is 4. The SMILES string of the molecule is CC(C)(C)OC(=O)NCCOCCOCCN.CC(C)(C)OC(=O)OC(=O)OC(C)(C)C.I.II.I[I-]I.NCCOCCOCCN. The van der Waals surface area contributed by atoms with Gasteiger partial charge in [-0.25, -0.2) is 14.4 Å². The van der Waals surface area contributed by atoms with E-state index in [-0.39, 0.29) is 24.0 Å². The summed E-state index contributed by atoms with van der Waals surface area (Å²) in [5.41, 5.74) is 13.8. The molecule has 0 spiro atoms. The summed E-state index contributed by atoms with van der Waals surface area (Å²) in [6.45, 7) is 22.0. The van der Waals surface area contributed by atoms with Crippen LogP contribution in [0.4, 0.5) is 14.4 Å². The monoisotopic (exact) mass is 1380 g/mol. The number of nitrogens with one attached hydrogen (secondary N) is 1. The number of hydrogen-bond acceptors (Lipinski definition) is 14. The average molecular weight is 1380 g/mol. The molecule has 0 rings (SSSR count). The van der Waals surface area contributed by atoms with E-state index < -0.39 is 35.2 Å². The maximum atomic E-state index is 11.2. The average Bonchev–Trinajstić information content (AvgIpc) is 2.91. The van der Waals surface area contributed by atoms with E-state index in [4.69, 9.17) is 50.4 Å². The minimum atomic E-state index is -1.06. The van der Waals surface area contributed by atoms with E-state index in [9.17, 15) is 14.4 Å².